The molecule has 3 rings (SSSR count). The Labute approximate surface area is 167 Å². The van der Waals surface area contributed by atoms with Crippen LogP contribution in [0.1, 0.15) is 21.5 Å². The molecule has 0 heterocycles. The minimum atomic E-state index is -0.181. The van der Waals surface area contributed by atoms with Crippen molar-refractivity contribution in [3.05, 3.63) is 94.5 Å². The molecule has 0 atom stereocenters. The third-order valence-electron chi connectivity index (χ3n) is 3.99. The predicted molar refractivity (Wildman–Crippen MR) is 112 cm³/mol. The number of carbonyl (C=O) groups is 2. The molecule has 3 aromatic carbocycles. The summed E-state index contributed by atoms with van der Waals surface area (Å²) < 4.78 is 0. The van der Waals surface area contributed by atoms with Gasteiger partial charge in [-0.2, -0.15) is 0 Å². The maximum atomic E-state index is 12.8. The monoisotopic (exact) mass is 395 g/mol. The summed E-state index contributed by atoms with van der Waals surface area (Å²) in [6.07, 6.45) is 0. The summed E-state index contributed by atoms with van der Waals surface area (Å²) in [6, 6.07) is 21.7. The van der Waals surface area contributed by atoms with Crippen LogP contribution in [0, 0.1) is 6.92 Å². The Morgan fingerprint density at radius 1 is 0.963 bits per heavy atom. The zero-order valence-corrected chi connectivity index (χ0v) is 16.3. The summed E-state index contributed by atoms with van der Waals surface area (Å²) in [5.41, 5.74) is 2.51. The fraction of sp³-hybridized carbons (Fsp3) is 0.0909. The van der Waals surface area contributed by atoms with E-state index in [0.717, 1.165) is 10.5 Å². The molecular weight excluding hydrogens is 378 g/mol. The van der Waals surface area contributed by atoms with E-state index in [1.54, 1.807) is 42.5 Å². The Kier molecular flexibility index (Phi) is 6.32. The van der Waals surface area contributed by atoms with Gasteiger partial charge in [0, 0.05) is 21.0 Å². The highest BCUT2D eigenvalue weighted by atomic mass is 35.5. The molecule has 0 spiro atoms. The van der Waals surface area contributed by atoms with Gasteiger partial charge in [-0.05, 0) is 36.8 Å². The van der Waals surface area contributed by atoms with E-state index in [1.165, 1.54) is 11.8 Å². The molecule has 0 aliphatic carbocycles. The van der Waals surface area contributed by atoms with Crippen LogP contribution < -0.4 is 5.32 Å². The summed E-state index contributed by atoms with van der Waals surface area (Å²) in [5, 5.41) is 3.28. The molecule has 0 saturated carbocycles. The van der Waals surface area contributed by atoms with E-state index < -0.39 is 0 Å². The van der Waals surface area contributed by atoms with Gasteiger partial charge in [-0.1, -0.05) is 60.1 Å². The van der Waals surface area contributed by atoms with Gasteiger partial charge in [0.1, 0.15) is 0 Å². The van der Waals surface area contributed by atoms with Crippen molar-refractivity contribution in [3.8, 4) is 0 Å². The highest BCUT2D eigenvalue weighted by Gasteiger charge is 2.16. The molecule has 3 nitrogen and oxygen atoms in total. The lowest BCUT2D eigenvalue weighted by atomic mass is 10.0. The number of hydrogen-bond donors (Lipinski definition) is 1. The van der Waals surface area contributed by atoms with Gasteiger partial charge in [-0.3, -0.25) is 9.59 Å². The molecule has 0 aliphatic rings. The number of carbonyl (C=O) groups excluding carboxylic acids is 2. The molecule has 5 heteroatoms. The second kappa shape index (κ2) is 8.89. The molecule has 27 heavy (non-hydrogen) atoms. The number of ketones is 1. The Morgan fingerprint density at radius 2 is 1.67 bits per heavy atom. The third kappa shape index (κ3) is 5.00. The molecule has 1 N–H and O–H groups in total. The van der Waals surface area contributed by atoms with E-state index in [4.69, 9.17) is 11.6 Å². The topological polar surface area (TPSA) is 46.2 Å². The SMILES string of the molecule is Cc1ccccc1SCC(=O)Nc1ccc(Cl)cc1C(=O)c1ccccc1. The molecular formula is C22H18ClNO2S. The average Bonchev–Trinajstić information content (AvgIpc) is 2.69. The van der Waals surface area contributed by atoms with Crippen molar-refractivity contribution < 1.29 is 9.59 Å². The van der Waals surface area contributed by atoms with Crippen molar-refractivity contribution in [2.45, 2.75) is 11.8 Å². The van der Waals surface area contributed by atoms with Crippen LogP contribution in [0.4, 0.5) is 5.69 Å². The Hall–Kier alpha value is -2.56. The van der Waals surface area contributed by atoms with Gasteiger partial charge in [-0.25, -0.2) is 0 Å². The molecule has 0 fully saturated rings. The number of hydrogen-bond acceptors (Lipinski definition) is 3. The Morgan fingerprint density at radius 3 is 2.41 bits per heavy atom. The summed E-state index contributed by atoms with van der Waals surface area (Å²) in [4.78, 5) is 26.3. The standard InChI is InChI=1S/C22H18ClNO2S/c1-15-7-5-6-10-20(15)27-14-21(25)24-19-12-11-17(23)13-18(19)22(26)16-8-3-2-4-9-16/h2-13H,14H2,1H3,(H,24,25). The van der Waals surface area contributed by atoms with Crippen LogP contribution >= 0.6 is 23.4 Å². The summed E-state index contributed by atoms with van der Waals surface area (Å²) in [5.74, 6) is -0.0976. The van der Waals surface area contributed by atoms with Gasteiger partial charge in [0.05, 0.1) is 11.4 Å². The van der Waals surface area contributed by atoms with Crippen molar-refractivity contribution in [2.24, 2.45) is 0 Å². The molecule has 136 valence electrons. The van der Waals surface area contributed by atoms with Gasteiger partial charge in [0.25, 0.3) is 0 Å². The molecule has 3 aromatic rings. The summed E-state index contributed by atoms with van der Waals surface area (Å²) in [6.45, 7) is 2.01. The maximum Gasteiger partial charge on any atom is 0.234 e. The minimum absolute atomic E-state index is 0.173. The largest absolute Gasteiger partial charge is 0.325 e. The Bertz CT molecular complexity index is 973. The fourth-order valence-corrected chi connectivity index (χ4v) is 3.61. The molecule has 1 amide bonds. The highest BCUT2D eigenvalue weighted by molar-refractivity contribution is 8.00. The first kappa shape index (κ1) is 19.2. The van der Waals surface area contributed by atoms with Crippen LogP contribution in [-0.4, -0.2) is 17.4 Å². The molecule has 0 saturated heterocycles. The molecule has 0 aromatic heterocycles. The van der Waals surface area contributed by atoms with Crippen molar-refractivity contribution in [2.75, 3.05) is 11.1 Å². The quantitative estimate of drug-likeness (QED) is 0.435. The fourth-order valence-electron chi connectivity index (χ4n) is 2.61. The maximum absolute atomic E-state index is 12.8. The normalized spacial score (nSPS) is 10.4. The number of nitrogens with one attached hydrogen (secondary N) is 1. The van der Waals surface area contributed by atoms with E-state index in [2.05, 4.69) is 5.32 Å². The lowest BCUT2D eigenvalue weighted by Gasteiger charge is -2.11. The first-order valence-corrected chi connectivity index (χ1v) is 9.78. The van der Waals surface area contributed by atoms with E-state index in [9.17, 15) is 9.59 Å². The van der Waals surface area contributed by atoms with Crippen LogP contribution in [0.2, 0.25) is 5.02 Å². The van der Waals surface area contributed by atoms with Gasteiger partial charge in [-0.15, -0.1) is 11.8 Å². The van der Waals surface area contributed by atoms with E-state index >= 15 is 0 Å². The second-order valence-corrected chi connectivity index (χ2v) is 7.44. The van der Waals surface area contributed by atoms with Crippen LogP contribution in [0.15, 0.2) is 77.7 Å². The number of anilines is 1. The molecule has 0 radical (unpaired) electrons. The number of benzene rings is 3. The van der Waals surface area contributed by atoms with E-state index in [-0.39, 0.29) is 17.4 Å². The zero-order valence-electron chi connectivity index (χ0n) is 14.7. The number of amides is 1. The predicted octanol–water partition coefficient (Wildman–Crippen LogP) is 5.61. The van der Waals surface area contributed by atoms with Crippen molar-refractivity contribution in [1.29, 1.82) is 0 Å². The van der Waals surface area contributed by atoms with Gasteiger partial charge >= 0.3 is 0 Å². The van der Waals surface area contributed by atoms with Crippen molar-refractivity contribution in [1.82, 2.24) is 0 Å². The Balaban J connectivity index is 1.76. The number of halogens is 1. The first-order chi connectivity index (χ1) is 13.0. The van der Waals surface area contributed by atoms with Crippen LogP contribution in [0.5, 0.6) is 0 Å². The first-order valence-electron chi connectivity index (χ1n) is 8.42. The van der Waals surface area contributed by atoms with Crippen molar-refractivity contribution >= 4 is 40.7 Å². The van der Waals surface area contributed by atoms with Gasteiger partial charge < -0.3 is 5.32 Å². The number of rotatable bonds is 6. The highest BCUT2D eigenvalue weighted by Crippen LogP contribution is 2.25. The third-order valence-corrected chi connectivity index (χ3v) is 5.40. The summed E-state index contributed by atoms with van der Waals surface area (Å²) in [7, 11) is 0. The summed E-state index contributed by atoms with van der Waals surface area (Å²) >= 11 is 7.54. The lowest BCUT2D eigenvalue weighted by Crippen LogP contribution is -2.17. The smallest absolute Gasteiger partial charge is 0.234 e. The zero-order chi connectivity index (χ0) is 19.2. The van der Waals surface area contributed by atoms with Crippen LogP contribution in [0.25, 0.3) is 0 Å². The van der Waals surface area contributed by atoms with E-state index in [0.29, 0.717) is 21.8 Å². The average molecular weight is 396 g/mol. The van der Waals surface area contributed by atoms with Gasteiger partial charge in [0.2, 0.25) is 5.91 Å². The van der Waals surface area contributed by atoms with Crippen molar-refractivity contribution in [3.63, 3.8) is 0 Å². The van der Waals surface area contributed by atoms with Gasteiger partial charge in [0.15, 0.2) is 5.78 Å². The molecule has 0 unspecified atom stereocenters. The minimum Gasteiger partial charge on any atom is -0.325 e. The number of aryl methyl sites for hydroxylation is 1. The van der Waals surface area contributed by atoms with Crippen LogP contribution in [0.3, 0.4) is 0 Å². The molecule has 0 bridgehead atoms. The van der Waals surface area contributed by atoms with E-state index in [1.807, 2.05) is 37.3 Å². The second-order valence-electron chi connectivity index (χ2n) is 5.99. The lowest BCUT2D eigenvalue weighted by molar-refractivity contribution is -0.113. The molecule has 0 aliphatic heterocycles. The van der Waals surface area contributed by atoms with Crippen LogP contribution in [-0.2, 0) is 4.79 Å². The number of thioether (sulfide) groups is 1.